The van der Waals surface area contributed by atoms with E-state index >= 15 is 0 Å². The summed E-state index contributed by atoms with van der Waals surface area (Å²) < 4.78 is 16.6. The first-order valence-corrected chi connectivity index (χ1v) is 8.29. The molecule has 0 spiro atoms. The molecule has 2 N–H and O–H groups in total. The highest BCUT2D eigenvalue weighted by atomic mass is 16.6. The number of aliphatic carboxylic acids is 1. The number of rotatable bonds is 6. The van der Waals surface area contributed by atoms with E-state index in [0.29, 0.717) is 0 Å². The van der Waals surface area contributed by atoms with Crippen LogP contribution in [-0.2, 0) is 32.1 Å². The van der Waals surface area contributed by atoms with Crippen molar-refractivity contribution in [1.29, 1.82) is 0 Å². The van der Waals surface area contributed by atoms with Crippen LogP contribution in [0, 0.1) is 0 Å². The summed E-state index contributed by atoms with van der Waals surface area (Å²) in [6.45, 7) is -1.21. The summed E-state index contributed by atoms with van der Waals surface area (Å²) in [5.41, 5.74) is 5.39. The highest BCUT2D eigenvalue weighted by Gasteiger charge is 2.23. The van der Waals surface area contributed by atoms with Crippen molar-refractivity contribution >= 4 is 18.0 Å². The molecule has 0 bridgehead atoms. The number of nitrogens with one attached hydrogen (secondary N) is 1. The van der Waals surface area contributed by atoms with Gasteiger partial charge in [0.15, 0.2) is 6.04 Å². The quantitative estimate of drug-likeness (QED) is 0.647. The van der Waals surface area contributed by atoms with Gasteiger partial charge in [-0.05, 0) is 34.2 Å². The van der Waals surface area contributed by atoms with Gasteiger partial charge in [-0.3, -0.25) is 4.79 Å². The fourth-order valence-electron chi connectivity index (χ4n) is 3.04. The lowest BCUT2D eigenvalue weighted by molar-refractivity contribution is -0.146. The maximum absolute atomic E-state index is 12.0. The summed E-state index contributed by atoms with van der Waals surface area (Å²) in [5.74, 6) is -2.24. The van der Waals surface area contributed by atoms with Crippen molar-refractivity contribution in [3.05, 3.63) is 59.2 Å². The molecule has 7 heteroatoms. The number of carboxylic acids is 1. The van der Waals surface area contributed by atoms with Gasteiger partial charge in [-0.2, -0.15) is 0 Å². The van der Waals surface area contributed by atoms with Crippen molar-refractivity contribution in [2.24, 2.45) is 0 Å². The van der Waals surface area contributed by atoms with E-state index in [1.807, 2.05) is 36.4 Å². The minimum Gasteiger partial charge on any atom is -0.480 e. The Bertz CT molecular complexity index is 913. The lowest BCUT2D eigenvalue weighted by Crippen LogP contribution is -2.44. The Labute approximate surface area is 157 Å². The lowest BCUT2D eigenvalue weighted by atomic mass is 10.0. The van der Waals surface area contributed by atoms with Crippen molar-refractivity contribution in [2.75, 3.05) is 6.61 Å². The largest absolute Gasteiger partial charge is 0.480 e. The maximum Gasteiger partial charge on any atom is 0.408 e. The Morgan fingerprint density at radius 1 is 1.15 bits per heavy atom. The summed E-state index contributed by atoms with van der Waals surface area (Å²) in [6.07, 6.45) is -0.185. The van der Waals surface area contributed by atoms with Gasteiger partial charge < -0.3 is 19.9 Å². The highest BCUT2D eigenvalue weighted by molar-refractivity contribution is 5.81. The van der Waals surface area contributed by atoms with Gasteiger partial charge in [-0.25, -0.2) is 9.59 Å². The second kappa shape index (κ2) is 7.90. The van der Waals surface area contributed by atoms with Crippen molar-refractivity contribution < 1.29 is 30.3 Å². The molecule has 1 atom stereocenters. The molecular weight excluding hydrogens is 350 g/mol. The van der Waals surface area contributed by atoms with Gasteiger partial charge >= 0.3 is 18.0 Å². The van der Waals surface area contributed by atoms with Crippen LogP contribution in [0.3, 0.4) is 0 Å². The molecule has 7 nitrogen and oxygen atoms in total. The molecule has 27 heavy (non-hydrogen) atoms. The van der Waals surface area contributed by atoms with Crippen molar-refractivity contribution in [1.82, 2.24) is 5.32 Å². The topological polar surface area (TPSA) is 102 Å². The Morgan fingerprint density at radius 3 is 2.70 bits per heavy atom. The van der Waals surface area contributed by atoms with E-state index in [-0.39, 0.29) is 6.61 Å². The summed E-state index contributed by atoms with van der Waals surface area (Å²) >= 11 is 0. The Balaban J connectivity index is 1.61. The highest BCUT2D eigenvalue weighted by Crippen LogP contribution is 2.38. The van der Waals surface area contributed by atoms with Gasteiger partial charge in [0.2, 0.25) is 0 Å². The standard InChI is InChI=1S/C20H19NO6/c1-12(22)26-11-18(19(23)24)21-20(25)27-10-14-6-4-8-16-15-7-3-2-5-13(15)9-17(14)16/h2-8,18H,9-11H2,1H3,(H,21,25)(H,23,24)/t18-/m0/s1/i1D. The van der Waals surface area contributed by atoms with E-state index in [1.54, 1.807) is 0 Å². The van der Waals surface area contributed by atoms with Crippen LogP contribution in [-0.4, -0.2) is 35.8 Å². The number of amides is 1. The zero-order valence-corrected chi connectivity index (χ0v) is 14.4. The van der Waals surface area contributed by atoms with Crippen LogP contribution < -0.4 is 5.32 Å². The molecule has 2 aromatic rings. The monoisotopic (exact) mass is 370 g/mol. The first-order chi connectivity index (χ1) is 13.5. The third kappa shape index (κ3) is 4.25. The minimum absolute atomic E-state index is 0.0121. The first-order valence-electron chi connectivity index (χ1n) is 9.00. The third-order valence-corrected chi connectivity index (χ3v) is 4.31. The smallest absolute Gasteiger partial charge is 0.408 e. The van der Waals surface area contributed by atoms with E-state index in [9.17, 15) is 14.4 Å². The molecule has 0 radical (unpaired) electrons. The molecule has 0 fully saturated rings. The molecule has 0 saturated heterocycles. The summed E-state index contributed by atoms with van der Waals surface area (Å²) in [7, 11) is 0. The zero-order chi connectivity index (χ0) is 20.1. The number of hydrogen-bond acceptors (Lipinski definition) is 5. The molecule has 1 amide bonds. The molecule has 0 saturated carbocycles. The molecule has 0 unspecified atom stereocenters. The van der Waals surface area contributed by atoms with Crippen LogP contribution in [0.5, 0.6) is 0 Å². The average molecular weight is 370 g/mol. The van der Waals surface area contributed by atoms with Gasteiger partial charge in [0.1, 0.15) is 13.2 Å². The molecular formula is C20H19NO6. The molecule has 0 aromatic heterocycles. The van der Waals surface area contributed by atoms with Crippen molar-refractivity contribution in [3.63, 3.8) is 0 Å². The summed E-state index contributed by atoms with van der Waals surface area (Å²) in [5, 5.41) is 11.3. The van der Waals surface area contributed by atoms with Crippen LogP contribution in [0.25, 0.3) is 11.1 Å². The van der Waals surface area contributed by atoms with E-state index in [2.05, 4.69) is 16.1 Å². The predicted octanol–water partition coefficient (Wildman–Crippen LogP) is 2.50. The molecule has 140 valence electrons. The average Bonchev–Trinajstić information content (AvgIpc) is 3.08. The van der Waals surface area contributed by atoms with E-state index in [1.165, 1.54) is 5.56 Å². The summed E-state index contributed by atoms with van der Waals surface area (Å²) in [6, 6.07) is 12.4. The van der Waals surface area contributed by atoms with Crippen LogP contribution in [0.15, 0.2) is 42.5 Å². The van der Waals surface area contributed by atoms with Gasteiger partial charge in [0.05, 0.1) is 0 Å². The number of carboxylic acid groups (broad SMARTS) is 1. The van der Waals surface area contributed by atoms with E-state index in [0.717, 1.165) is 28.7 Å². The van der Waals surface area contributed by atoms with Crippen LogP contribution in [0.1, 0.15) is 25.0 Å². The van der Waals surface area contributed by atoms with Crippen LogP contribution in [0.4, 0.5) is 4.79 Å². The molecule has 0 heterocycles. The number of alkyl carbamates (subject to hydrolysis) is 1. The number of esters is 1. The molecule has 2 aromatic carbocycles. The van der Waals surface area contributed by atoms with Crippen molar-refractivity contribution in [3.8, 4) is 11.1 Å². The van der Waals surface area contributed by atoms with Gasteiger partial charge in [-0.1, -0.05) is 42.5 Å². The molecule has 3 rings (SSSR count). The van der Waals surface area contributed by atoms with Gasteiger partial charge in [0.25, 0.3) is 0 Å². The second-order valence-corrected chi connectivity index (χ2v) is 6.07. The number of carbonyl (C=O) groups is 3. The predicted molar refractivity (Wildman–Crippen MR) is 96.1 cm³/mol. The maximum atomic E-state index is 12.0. The van der Waals surface area contributed by atoms with Crippen LogP contribution >= 0.6 is 0 Å². The Morgan fingerprint density at radius 2 is 1.93 bits per heavy atom. The van der Waals surface area contributed by atoms with Gasteiger partial charge in [0, 0.05) is 8.27 Å². The minimum atomic E-state index is -1.45. The molecule has 0 aliphatic heterocycles. The fourth-order valence-corrected chi connectivity index (χ4v) is 3.04. The third-order valence-electron chi connectivity index (χ3n) is 4.31. The number of benzene rings is 2. The fraction of sp³-hybridized carbons (Fsp3) is 0.250. The van der Waals surface area contributed by atoms with Gasteiger partial charge in [-0.15, -0.1) is 0 Å². The molecule has 1 aliphatic carbocycles. The zero-order valence-electron chi connectivity index (χ0n) is 15.4. The molecule has 1 aliphatic rings. The van der Waals surface area contributed by atoms with E-state index < -0.39 is 37.6 Å². The van der Waals surface area contributed by atoms with E-state index in [4.69, 9.17) is 11.2 Å². The lowest BCUT2D eigenvalue weighted by Gasteiger charge is -2.15. The van der Waals surface area contributed by atoms with Crippen LogP contribution in [0.2, 0.25) is 0 Å². The summed E-state index contributed by atoms with van der Waals surface area (Å²) in [4.78, 5) is 34.2. The SMILES string of the molecule is [2H]CC(=O)OC[C@H](NC(=O)OCc1cccc2c1Cc1ccccc1-2)C(=O)O. The van der Waals surface area contributed by atoms with Crippen molar-refractivity contribution in [2.45, 2.75) is 26.0 Å². The first kappa shape index (κ1) is 17.1. The normalized spacial score (nSPS) is 13.0. The number of fused-ring (bicyclic) bond motifs is 3. The number of hydrogen-bond donors (Lipinski definition) is 2. The number of carbonyl (C=O) groups excluding carboxylic acids is 2. The Hall–Kier alpha value is -3.35. The second-order valence-electron chi connectivity index (χ2n) is 6.07. The number of ether oxygens (including phenoxy) is 2. The Kier molecular flexibility index (Phi) is 5.00.